The van der Waals surface area contributed by atoms with Gasteiger partial charge in [-0.15, -0.1) is 12.4 Å². The number of hydrogen-bond donors (Lipinski definition) is 3. The minimum Gasteiger partial charge on any atom is -0.411 e. The monoisotopic (exact) mass is 357 g/mol. The van der Waals surface area contributed by atoms with Crippen molar-refractivity contribution in [2.24, 2.45) is 11.1 Å². The third-order valence-electron chi connectivity index (χ3n) is 4.11. The highest BCUT2D eigenvalue weighted by Crippen LogP contribution is 2.22. The third-order valence-corrected chi connectivity index (χ3v) is 4.11. The van der Waals surface area contributed by atoms with Crippen molar-refractivity contribution < 1.29 is 10.4 Å². The molecule has 0 fully saturated rings. The minimum atomic E-state index is -0.266. The van der Waals surface area contributed by atoms with Crippen molar-refractivity contribution in [3.05, 3.63) is 35.9 Å². The molecule has 0 spiro atoms. The fourth-order valence-corrected chi connectivity index (χ4v) is 2.87. The molecule has 0 aliphatic heterocycles. The minimum absolute atomic E-state index is 0. The number of nitrogens with zero attached hydrogens (tertiary/aromatic N) is 2. The van der Waals surface area contributed by atoms with E-state index in [1.165, 1.54) is 12.8 Å². The van der Waals surface area contributed by atoms with Gasteiger partial charge in [-0.1, -0.05) is 61.7 Å². The van der Waals surface area contributed by atoms with Gasteiger partial charge in [0.25, 0.3) is 0 Å². The average molecular weight is 358 g/mol. The van der Waals surface area contributed by atoms with Gasteiger partial charge in [0.1, 0.15) is 0 Å². The van der Waals surface area contributed by atoms with E-state index in [1.807, 2.05) is 44.4 Å². The number of halogens is 1. The van der Waals surface area contributed by atoms with E-state index >= 15 is 0 Å². The highest BCUT2D eigenvalue weighted by molar-refractivity contribution is 5.87. The van der Waals surface area contributed by atoms with Crippen molar-refractivity contribution in [3.63, 3.8) is 0 Å². The Kier molecular flexibility index (Phi) is 12.6. The molecule has 0 aliphatic carbocycles. The first kappa shape index (κ1) is 22.9. The summed E-state index contributed by atoms with van der Waals surface area (Å²) in [4.78, 5) is 2.12. The predicted octanol–water partition coefficient (Wildman–Crippen LogP) is 4.11. The van der Waals surface area contributed by atoms with E-state index in [0.29, 0.717) is 6.42 Å². The molecule has 6 heteroatoms. The van der Waals surface area contributed by atoms with Crippen LogP contribution in [0, 0.1) is 5.92 Å². The first-order chi connectivity index (χ1) is 11.1. The Morgan fingerprint density at radius 2 is 1.88 bits per heavy atom. The average Bonchev–Trinajstić information content (AvgIpc) is 2.56. The Morgan fingerprint density at radius 1 is 1.21 bits per heavy atom. The van der Waals surface area contributed by atoms with Crippen LogP contribution in [0.1, 0.15) is 50.6 Å². The van der Waals surface area contributed by atoms with Crippen LogP contribution in [0.3, 0.4) is 0 Å². The molecule has 1 aromatic rings. The fourth-order valence-electron chi connectivity index (χ4n) is 2.87. The van der Waals surface area contributed by atoms with Crippen molar-refractivity contribution in [3.8, 4) is 0 Å². The van der Waals surface area contributed by atoms with Crippen molar-refractivity contribution in [2.75, 3.05) is 20.6 Å². The second kappa shape index (κ2) is 13.2. The molecule has 24 heavy (non-hydrogen) atoms. The van der Waals surface area contributed by atoms with E-state index in [0.717, 1.165) is 30.7 Å². The van der Waals surface area contributed by atoms with Gasteiger partial charge < -0.3 is 15.3 Å². The van der Waals surface area contributed by atoms with E-state index in [1.54, 1.807) is 0 Å². The normalized spacial score (nSPS) is 14.3. The summed E-state index contributed by atoms with van der Waals surface area (Å²) in [5.41, 5.74) is 4.07. The molecule has 0 aliphatic rings. The van der Waals surface area contributed by atoms with E-state index in [2.05, 4.69) is 22.5 Å². The highest BCUT2D eigenvalue weighted by Gasteiger charge is 2.22. The van der Waals surface area contributed by atoms with Crippen molar-refractivity contribution in [2.45, 2.75) is 45.1 Å². The molecule has 1 aromatic carbocycles. The molecule has 0 amide bonds. The second-order valence-corrected chi connectivity index (χ2v) is 6.34. The predicted molar refractivity (Wildman–Crippen MR) is 101 cm³/mol. The number of rotatable bonds is 11. The van der Waals surface area contributed by atoms with Crippen LogP contribution in [-0.2, 0) is 0 Å². The molecule has 0 heterocycles. The molecule has 2 unspecified atom stereocenters. The lowest BCUT2D eigenvalue weighted by Crippen LogP contribution is -2.31. The van der Waals surface area contributed by atoms with Crippen LogP contribution in [0.4, 0.5) is 0 Å². The molecule has 2 atom stereocenters. The maximum absolute atomic E-state index is 9.52. The van der Waals surface area contributed by atoms with Gasteiger partial charge in [-0.25, -0.2) is 0 Å². The highest BCUT2D eigenvalue weighted by atomic mass is 35.5. The smallest absolute Gasteiger partial charge is 0.0634 e. The van der Waals surface area contributed by atoms with Gasteiger partial charge in [0, 0.05) is 18.9 Å². The Morgan fingerprint density at radius 3 is 2.38 bits per heavy atom. The van der Waals surface area contributed by atoms with Gasteiger partial charge in [0.05, 0.1) is 11.8 Å². The largest absolute Gasteiger partial charge is 0.411 e. The molecule has 1 rings (SSSR count). The molecule has 138 valence electrons. The number of oxime groups is 1. The Hall–Kier alpha value is -1.14. The number of unbranched alkanes of at least 4 members (excludes halogenated alkanes) is 2. The molecule has 5 nitrogen and oxygen atoms in total. The molecule has 3 N–H and O–H groups in total. The lowest BCUT2D eigenvalue weighted by molar-refractivity contribution is 0.127. The van der Waals surface area contributed by atoms with Crippen molar-refractivity contribution in [1.82, 2.24) is 10.4 Å². The van der Waals surface area contributed by atoms with Crippen LogP contribution in [0.2, 0.25) is 0 Å². The Balaban J connectivity index is 0.00000529. The second-order valence-electron chi connectivity index (χ2n) is 6.34. The van der Waals surface area contributed by atoms with Gasteiger partial charge in [0.15, 0.2) is 0 Å². The van der Waals surface area contributed by atoms with Gasteiger partial charge in [-0.2, -0.15) is 5.48 Å². The Bertz CT molecular complexity index is 455. The maximum atomic E-state index is 9.52. The summed E-state index contributed by atoms with van der Waals surface area (Å²) in [6.45, 7) is 3.03. The fraction of sp³-hybridized carbons (Fsp3) is 0.611. The first-order valence-corrected chi connectivity index (χ1v) is 8.42. The number of hydroxylamine groups is 1. The molecule has 0 saturated heterocycles. The van der Waals surface area contributed by atoms with Crippen LogP contribution in [-0.4, -0.2) is 41.7 Å². The van der Waals surface area contributed by atoms with E-state index in [9.17, 15) is 10.4 Å². The maximum Gasteiger partial charge on any atom is 0.0634 e. The topological polar surface area (TPSA) is 68.1 Å². The first-order valence-electron chi connectivity index (χ1n) is 8.42. The van der Waals surface area contributed by atoms with Crippen LogP contribution in [0.25, 0.3) is 0 Å². The third kappa shape index (κ3) is 8.11. The zero-order chi connectivity index (χ0) is 17.1. The van der Waals surface area contributed by atoms with Crippen molar-refractivity contribution >= 4 is 18.1 Å². The summed E-state index contributed by atoms with van der Waals surface area (Å²) in [5.74, 6) is 0.195. The lowest BCUT2D eigenvalue weighted by atomic mass is 9.90. The van der Waals surface area contributed by atoms with E-state index < -0.39 is 0 Å². The summed E-state index contributed by atoms with van der Waals surface area (Å²) in [5, 5.41) is 22.6. The standard InChI is InChI=1S/C18H31N3O2.ClH/c1-4-5-7-12-16(14-21(2)3)18(20-23)13-17(19-22)15-10-8-6-9-11-15;/h6,8-11,16-17,19,22-23H,4-5,7,12-14H2,1-3H3;1H. The van der Waals surface area contributed by atoms with Crippen LogP contribution in [0.15, 0.2) is 35.5 Å². The molecular weight excluding hydrogens is 326 g/mol. The number of benzene rings is 1. The zero-order valence-corrected chi connectivity index (χ0v) is 15.8. The van der Waals surface area contributed by atoms with Crippen LogP contribution >= 0.6 is 12.4 Å². The molecule has 0 saturated carbocycles. The zero-order valence-electron chi connectivity index (χ0n) is 15.0. The summed E-state index contributed by atoms with van der Waals surface area (Å²) in [6.07, 6.45) is 4.96. The lowest BCUT2D eigenvalue weighted by Gasteiger charge is -2.24. The molecule has 0 bridgehead atoms. The summed E-state index contributed by atoms with van der Waals surface area (Å²) in [6, 6.07) is 9.47. The van der Waals surface area contributed by atoms with Gasteiger partial charge in [0.2, 0.25) is 0 Å². The molecular formula is C18H32ClN3O2. The van der Waals surface area contributed by atoms with Crippen LogP contribution in [0.5, 0.6) is 0 Å². The number of hydrogen-bond acceptors (Lipinski definition) is 5. The summed E-state index contributed by atoms with van der Waals surface area (Å²) in [7, 11) is 4.06. The summed E-state index contributed by atoms with van der Waals surface area (Å²) < 4.78 is 0. The molecule has 0 radical (unpaired) electrons. The van der Waals surface area contributed by atoms with Crippen molar-refractivity contribution in [1.29, 1.82) is 0 Å². The van der Waals surface area contributed by atoms with Gasteiger partial charge in [-0.3, -0.25) is 0 Å². The van der Waals surface area contributed by atoms with E-state index in [4.69, 9.17) is 0 Å². The van der Waals surface area contributed by atoms with Gasteiger partial charge >= 0.3 is 0 Å². The SMILES string of the molecule is CCCCCC(CN(C)C)C(CC(NO)c1ccccc1)=NO.Cl. The molecule has 0 aromatic heterocycles. The van der Waals surface area contributed by atoms with E-state index in [-0.39, 0.29) is 24.4 Å². The van der Waals surface area contributed by atoms with Crippen LogP contribution < -0.4 is 5.48 Å². The quantitative estimate of drug-likeness (QED) is 0.241. The Labute approximate surface area is 152 Å². The van der Waals surface area contributed by atoms with Gasteiger partial charge in [-0.05, 0) is 26.1 Å². The number of nitrogens with one attached hydrogen (secondary N) is 1. The summed E-state index contributed by atoms with van der Waals surface area (Å²) >= 11 is 0.